The molecule has 0 heterocycles. The summed E-state index contributed by atoms with van der Waals surface area (Å²) in [5, 5.41) is 0. The van der Waals surface area contributed by atoms with Crippen LogP contribution >= 0.6 is 12.6 Å². The van der Waals surface area contributed by atoms with E-state index in [4.69, 9.17) is 10.5 Å². The summed E-state index contributed by atoms with van der Waals surface area (Å²) >= 11 is 3.88. The number of ether oxygens (including phenoxy) is 1. The van der Waals surface area contributed by atoms with Crippen LogP contribution in [-0.4, -0.2) is 23.4 Å². The molecule has 0 aliphatic rings. The highest BCUT2D eigenvalue weighted by molar-refractivity contribution is 7.80. The van der Waals surface area contributed by atoms with Gasteiger partial charge >= 0.3 is 5.97 Å². The predicted molar refractivity (Wildman–Crippen MR) is 47.7 cm³/mol. The van der Waals surface area contributed by atoms with Crippen LogP contribution in [0.25, 0.3) is 0 Å². The summed E-state index contributed by atoms with van der Waals surface area (Å²) in [6.07, 6.45) is 0. The number of hydrogen-bond acceptors (Lipinski definition) is 4. The molecule has 66 valence electrons. The molecule has 0 spiro atoms. The van der Waals surface area contributed by atoms with E-state index in [0.29, 0.717) is 5.75 Å². The second kappa shape index (κ2) is 3.97. The van der Waals surface area contributed by atoms with Gasteiger partial charge in [-0.2, -0.15) is 12.6 Å². The fraction of sp³-hybridized carbons (Fsp3) is 0.857. The molecule has 0 unspecified atom stereocenters. The number of esters is 1. The topological polar surface area (TPSA) is 52.3 Å². The van der Waals surface area contributed by atoms with Gasteiger partial charge in [-0.3, -0.25) is 4.79 Å². The fourth-order valence-corrected chi connectivity index (χ4v) is 0.601. The predicted octanol–water partition coefficient (Wildman–Crippen LogP) is 0.585. The Bertz CT molecular complexity index is 142. The van der Waals surface area contributed by atoms with Crippen LogP contribution in [0, 0.1) is 0 Å². The molecule has 0 aliphatic carbocycles. The molecule has 0 radical (unpaired) electrons. The first-order valence-corrected chi connectivity index (χ1v) is 4.09. The van der Waals surface area contributed by atoms with E-state index >= 15 is 0 Å². The Labute approximate surface area is 72.7 Å². The Morgan fingerprint density at radius 1 is 1.64 bits per heavy atom. The minimum Gasteiger partial charge on any atom is -0.459 e. The summed E-state index contributed by atoms with van der Waals surface area (Å²) in [5.41, 5.74) is 4.91. The highest BCUT2D eigenvalue weighted by Gasteiger charge is 2.20. The van der Waals surface area contributed by atoms with E-state index in [2.05, 4.69) is 12.6 Å². The van der Waals surface area contributed by atoms with Gasteiger partial charge in [-0.05, 0) is 20.8 Å². The minimum absolute atomic E-state index is 0.314. The van der Waals surface area contributed by atoms with Gasteiger partial charge in [-0.15, -0.1) is 0 Å². The summed E-state index contributed by atoms with van der Waals surface area (Å²) in [7, 11) is 0. The monoisotopic (exact) mass is 177 g/mol. The molecule has 4 heteroatoms. The van der Waals surface area contributed by atoms with Crippen molar-refractivity contribution in [1.29, 1.82) is 0 Å². The van der Waals surface area contributed by atoms with Crippen LogP contribution in [0.2, 0.25) is 0 Å². The number of hydrogen-bond donors (Lipinski definition) is 2. The van der Waals surface area contributed by atoms with E-state index in [9.17, 15) is 4.79 Å². The largest absolute Gasteiger partial charge is 0.459 e. The summed E-state index contributed by atoms with van der Waals surface area (Å²) in [4.78, 5) is 11.0. The molecule has 0 saturated heterocycles. The Balaban J connectivity index is 3.88. The molecule has 3 nitrogen and oxygen atoms in total. The quantitative estimate of drug-likeness (QED) is 0.479. The van der Waals surface area contributed by atoms with Crippen molar-refractivity contribution in [3.8, 4) is 0 Å². The molecule has 0 aliphatic heterocycles. The van der Waals surface area contributed by atoms with Gasteiger partial charge in [0.2, 0.25) is 0 Å². The Morgan fingerprint density at radius 3 is 2.36 bits per heavy atom. The van der Waals surface area contributed by atoms with Crippen LogP contribution in [0.5, 0.6) is 0 Å². The number of thiol groups is 1. The van der Waals surface area contributed by atoms with Gasteiger partial charge < -0.3 is 10.5 Å². The molecular formula is C7H15NO2S. The standard InChI is InChI=1S/C7H15NO2S/c1-7(2,3)10-6(9)5(8)4-11/h5,11H,4,8H2,1-3H3/t5-/m1/s1. The minimum atomic E-state index is -0.613. The van der Waals surface area contributed by atoms with E-state index in [1.54, 1.807) is 20.8 Å². The zero-order chi connectivity index (χ0) is 9.07. The van der Waals surface area contributed by atoms with Crippen molar-refractivity contribution >= 4 is 18.6 Å². The molecule has 0 fully saturated rings. The number of carbonyl (C=O) groups excluding carboxylic acids is 1. The van der Waals surface area contributed by atoms with E-state index in [0.717, 1.165) is 0 Å². The molecule has 2 N–H and O–H groups in total. The van der Waals surface area contributed by atoms with Crippen LogP contribution in [0.15, 0.2) is 0 Å². The van der Waals surface area contributed by atoms with Crippen molar-refractivity contribution in [2.45, 2.75) is 32.4 Å². The van der Waals surface area contributed by atoms with E-state index in [1.165, 1.54) is 0 Å². The fourth-order valence-electron chi connectivity index (χ4n) is 0.452. The Hall–Kier alpha value is -0.220. The zero-order valence-electron chi connectivity index (χ0n) is 7.13. The highest BCUT2D eigenvalue weighted by atomic mass is 32.1. The third kappa shape index (κ3) is 5.09. The van der Waals surface area contributed by atoms with Crippen LogP contribution in [0.1, 0.15) is 20.8 Å². The summed E-state index contributed by atoms with van der Waals surface area (Å²) in [6, 6.07) is -0.613. The van der Waals surface area contributed by atoms with Crippen LogP contribution in [0.3, 0.4) is 0 Å². The lowest BCUT2D eigenvalue weighted by atomic mass is 10.2. The molecule has 0 aromatic rings. The van der Waals surface area contributed by atoms with Gasteiger partial charge in [-0.1, -0.05) is 0 Å². The zero-order valence-corrected chi connectivity index (χ0v) is 8.02. The van der Waals surface area contributed by atoms with E-state index in [1.807, 2.05) is 0 Å². The van der Waals surface area contributed by atoms with Crippen LogP contribution < -0.4 is 5.73 Å². The van der Waals surface area contributed by atoms with Gasteiger partial charge in [0.05, 0.1) is 0 Å². The molecule has 0 aromatic heterocycles. The smallest absolute Gasteiger partial charge is 0.324 e. The maximum Gasteiger partial charge on any atom is 0.324 e. The van der Waals surface area contributed by atoms with Crippen LogP contribution in [0.4, 0.5) is 0 Å². The van der Waals surface area contributed by atoms with E-state index in [-0.39, 0.29) is 0 Å². The van der Waals surface area contributed by atoms with Crippen molar-refractivity contribution in [1.82, 2.24) is 0 Å². The average molecular weight is 177 g/mol. The van der Waals surface area contributed by atoms with Crippen molar-refractivity contribution in [3.05, 3.63) is 0 Å². The van der Waals surface area contributed by atoms with Crippen molar-refractivity contribution in [2.75, 3.05) is 5.75 Å². The van der Waals surface area contributed by atoms with Gasteiger partial charge in [0.25, 0.3) is 0 Å². The second-order valence-corrected chi connectivity index (χ2v) is 3.69. The Morgan fingerprint density at radius 2 is 2.09 bits per heavy atom. The number of nitrogens with two attached hydrogens (primary N) is 1. The maximum absolute atomic E-state index is 11.0. The third-order valence-corrected chi connectivity index (χ3v) is 1.30. The molecule has 0 rings (SSSR count). The first-order valence-electron chi connectivity index (χ1n) is 3.46. The van der Waals surface area contributed by atoms with Crippen molar-refractivity contribution in [3.63, 3.8) is 0 Å². The first kappa shape index (κ1) is 10.8. The second-order valence-electron chi connectivity index (χ2n) is 3.32. The summed E-state index contributed by atoms with van der Waals surface area (Å²) in [5.74, 6) is -0.0814. The first-order chi connectivity index (χ1) is 4.87. The molecule has 0 bridgehead atoms. The van der Waals surface area contributed by atoms with Gasteiger partial charge in [0.1, 0.15) is 11.6 Å². The lowest BCUT2D eigenvalue weighted by Gasteiger charge is -2.21. The summed E-state index contributed by atoms with van der Waals surface area (Å²) in [6.45, 7) is 5.41. The molecule has 0 aromatic carbocycles. The van der Waals surface area contributed by atoms with Crippen LogP contribution in [-0.2, 0) is 9.53 Å². The maximum atomic E-state index is 11.0. The van der Waals surface area contributed by atoms with Gasteiger partial charge in [0, 0.05) is 5.75 Å². The lowest BCUT2D eigenvalue weighted by molar-refractivity contribution is -0.155. The Kier molecular flexibility index (Phi) is 3.89. The normalized spacial score (nSPS) is 14.3. The summed E-state index contributed by atoms with van der Waals surface area (Å²) < 4.78 is 4.98. The van der Waals surface area contributed by atoms with Gasteiger partial charge in [-0.25, -0.2) is 0 Å². The van der Waals surface area contributed by atoms with Gasteiger partial charge in [0.15, 0.2) is 0 Å². The number of carbonyl (C=O) groups is 1. The molecule has 11 heavy (non-hydrogen) atoms. The third-order valence-electron chi connectivity index (χ3n) is 0.906. The molecule has 1 atom stereocenters. The molecule has 0 amide bonds. The highest BCUT2D eigenvalue weighted by Crippen LogP contribution is 2.07. The lowest BCUT2D eigenvalue weighted by Crippen LogP contribution is -2.38. The SMILES string of the molecule is CC(C)(C)OC(=O)[C@H](N)CS. The van der Waals surface area contributed by atoms with Crippen molar-refractivity contribution in [2.24, 2.45) is 5.73 Å². The molecular weight excluding hydrogens is 162 g/mol. The van der Waals surface area contributed by atoms with E-state index < -0.39 is 17.6 Å². The molecule has 0 saturated carbocycles. The number of rotatable bonds is 2. The van der Waals surface area contributed by atoms with Crippen molar-refractivity contribution < 1.29 is 9.53 Å². The average Bonchev–Trinajstić information content (AvgIpc) is 1.82.